The van der Waals surface area contributed by atoms with Crippen molar-refractivity contribution in [3.8, 4) is 22.9 Å². The number of nitrogens with two attached hydrogens (primary N) is 1. The standard InChI is InChI=1S/C26H19N3O2/c1-29-21-10-6-5-9-19(21)24-23(26(29)30)22(20(15-27)25(28)31-24)18-13-11-17(12-14-18)16-7-3-2-4-8-16/h2-14,22H,28H2,1H3. The average Bonchev–Trinajstić information content (AvgIpc) is 2.82. The van der Waals surface area contributed by atoms with Crippen molar-refractivity contribution in [1.82, 2.24) is 4.57 Å². The molecule has 2 heterocycles. The highest BCUT2D eigenvalue weighted by Crippen LogP contribution is 2.43. The minimum Gasteiger partial charge on any atom is -0.439 e. The van der Waals surface area contributed by atoms with E-state index >= 15 is 0 Å². The van der Waals surface area contributed by atoms with Crippen LogP contribution < -0.4 is 16.0 Å². The van der Waals surface area contributed by atoms with Gasteiger partial charge in [0.25, 0.3) is 5.56 Å². The van der Waals surface area contributed by atoms with Crippen LogP contribution >= 0.6 is 0 Å². The quantitative estimate of drug-likeness (QED) is 0.535. The van der Waals surface area contributed by atoms with E-state index < -0.39 is 5.92 Å². The van der Waals surface area contributed by atoms with Gasteiger partial charge in [0.2, 0.25) is 5.88 Å². The molecule has 0 spiro atoms. The molecular weight excluding hydrogens is 386 g/mol. The van der Waals surface area contributed by atoms with Crippen LogP contribution in [0, 0.1) is 11.3 Å². The van der Waals surface area contributed by atoms with E-state index in [1.165, 1.54) is 0 Å². The number of nitrogens with zero attached hydrogens (tertiary/aromatic N) is 2. The highest BCUT2D eigenvalue weighted by atomic mass is 16.5. The van der Waals surface area contributed by atoms with Crippen LogP contribution in [0.4, 0.5) is 0 Å². The lowest BCUT2D eigenvalue weighted by atomic mass is 9.83. The van der Waals surface area contributed by atoms with Gasteiger partial charge in [-0.1, -0.05) is 66.7 Å². The van der Waals surface area contributed by atoms with Crippen molar-refractivity contribution in [3.63, 3.8) is 0 Å². The Balaban J connectivity index is 1.74. The maximum Gasteiger partial charge on any atom is 0.258 e. The molecule has 5 nitrogen and oxygen atoms in total. The molecule has 0 saturated heterocycles. The summed E-state index contributed by atoms with van der Waals surface area (Å²) in [5.74, 6) is -0.139. The van der Waals surface area contributed by atoms with Crippen molar-refractivity contribution >= 4 is 10.9 Å². The minimum atomic E-state index is -0.595. The van der Waals surface area contributed by atoms with E-state index in [9.17, 15) is 10.1 Å². The molecule has 0 amide bonds. The van der Waals surface area contributed by atoms with Gasteiger partial charge in [-0.05, 0) is 28.8 Å². The maximum atomic E-state index is 13.4. The third kappa shape index (κ3) is 2.89. The molecule has 0 radical (unpaired) electrons. The maximum absolute atomic E-state index is 13.4. The van der Waals surface area contributed by atoms with E-state index in [0.717, 1.165) is 27.6 Å². The molecule has 0 bridgehead atoms. The summed E-state index contributed by atoms with van der Waals surface area (Å²) < 4.78 is 7.45. The first-order chi connectivity index (χ1) is 15.1. The fraction of sp³-hybridized carbons (Fsp3) is 0.0769. The molecule has 150 valence electrons. The van der Waals surface area contributed by atoms with E-state index in [2.05, 4.69) is 6.07 Å². The molecule has 1 aliphatic heterocycles. The molecule has 1 aliphatic rings. The van der Waals surface area contributed by atoms with Crippen molar-refractivity contribution in [2.75, 3.05) is 0 Å². The van der Waals surface area contributed by atoms with Crippen LogP contribution in [-0.2, 0) is 7.05 Å². The molecule has 3 aromatic carbocycles. The predicted molar refractivity (Wildman–Crippen MR) is 120 cm³/mol. The molecule has 1 unspecified atom stereocenters. The summed E-state index contributed by atoms with van der Waals surface area (Å²) in [6, 6.07) is 27.6. The molecule has 1 aromatic heterocycles. The van der Waals surface area contributed by atoms with Crippen molar-refractivity contribution in [2.45, 2.75) is 5.92 Å². The number of allylic oxidation sites excluding steroid dienone is 1. The number of aryl methyl sites for hydroxylation is 1. The van der Waals surface area contributed by atoms with Crippen molar-refractivity contribution < 1.29 is 4.74 Å². The largest absolute Gasteiger partial charge is 0.439 e. The Labute approximate surface area is 179 Å². The first kappa shape index (κ1) is 18.7. The third-order valence-electron chi connectivity index (χ3n) is 5.82. The van der Waals surface area contributed by atoms with Gasteiger partial charge in [-0.25, -0.2) is 0 Å². The van der Waals surface area contributed by atoms with E-state index in [1.54, 1.807) is 11.6 Å². The second-order valence-electron chi connectivity index (χ2n) is 7.54. The zero-order valence-electron chi connectivity index (χ0n) is 16.9. The molecule has 2 N–H and O–H groups in total. The molecule has 5 rings (SSSR count). The summed E-state index contributed by atoms with van der Waals surface area (Å²) in [7, 11) is 1.73. The second-order valence-corrected chi connectivity index (χ2v) is 7.54. The first-order valence-electron chi connectivity index (χ1n) is 9.94. The summed E-state index contributed by atoms with van der Waals surface area (Å²) >= 11 is 0. The highest BCUT2D eigenvalue weighted by Gasteiger charge is 2.35. The summed E-state index contributed by atoms with van der Waals surface area (Å²) in [5, 5.41) is 10.6. The summed E-state index contributed by atoms with van der Waals surface area (Å²) in [6.07, 6.45) is 0. The van der Waals surface area contributed by atoms with Gasteiger partial charge in [-0.3, -0.25) is 4.79 Å². The molecule has 0 aliphatic carbocycles. The number of nitriles is 1. The zero-order valence-corrected chi connectivity index (χ0v) is 16.9. The Kier molecular flexibility index (Phi) is 4.34. The normalized spacial score (nSPS) is 15.3. The molecular formula is C26H19N3O2. The number of para-hydroxylation sites is 1. The smallest absolute Gasteiger partial charge is 0.258 e. The SMILES string of the molecule is Cn1c(=O)c2c(c3ccccc31)OC(N)=C(C#N)C2c1ccc(-c2ccccc2)cc1. The predicted octanol–water partition coefficient (Wildman–Crippen LogP) is 4.42. The van der Waals surface area contributed by atoms with Gasteiger partial charge >= 0.3 is 0 Å². The van der Waals surface area contributed by atoms with Crippen molar-refractivity contribution in [2.24, 2.45) is 12.8 Å². The number of benzene rings is 3. The van der Waals surface area contributed by atoms with Crippen molar-refractivity contribution in [3.05, 3.63) is 112 Å². The van der Waals surface area contributed by atoms with Crippen LogP contribution in [-0.4, -0.2) is 4.57 Å². The topological polar surface area (TPSA) is 81.0 Å². The fourth-order valence-corrected chi connectivity index (χ4v) is 4.26. The van der Waals surface area contributed by atoms with Crippen LogP contribution in [0.3, 0.4) is 0 Å². The number of hydrogen-bond acceptors (Lipinski definition) is 4. The summed E-state index contributed by atoms with van der Waals surface area (Å²) in [6.45, 7) is 0. The lowest BCUT2D eigenvalue weighted by Crippen LogP contribution is -2.31. The Morgan fingerprint density at radius 1 is 0.935 bits per heavy atom. The number of ether oxygens (including phenoxy) is 1. The molecule has 0 saturated carbocycles. The van der Waals surface area contributed by atoms with Gasteiger partial charge in [-0.15, -0.1) is 0 Å². The van der Waals surface area contributed by atoms with E-state index in [4.69, 9.17) is 10.5 Å². The lowest BCUT2D eigenvalue weighted by molar-refractivity contribution is 0.396. The number of fused-ring (bicyclic) bond motifs is 3. The highest BCUT2D eigenvalue weighted by molar-refractivity contribution is 5.88. The molecule has 31 heavy (non-hydrogen) atoms. The average molecular weight is 405 g/mol. The number of aromatic nitrogens is 1. The van der Waals surface area contributed by atoms with Gasteiger partial charge in [0.15, 0.2) is 0 Å². The van der Waals surface area contributed by atoms with Gasteiger partial charge in [0.1, 0.15) is 17.4 Å². The van der Waals surface area contributed by atoms with E-state index in [1.807, 2.05) is 78.9 Å². The van der Waals surface area contributed by atoms with E-state index in [-0.39, 0.29) is 17.0 Å². The van der Waals surface area contributed by atoms with Crippen LogP contribution in [0.25, 0.3) is 22.0 Å². The van der Waals surface area contributed by atoms with Gasteiger partial charge in [0.05, 0.1) is 17.0 Å². The van der Waals surface area contributed by atoms with Crippen LogP contribution in [0.5, 0.6) is 5.75 Å². The molecule has 5 heteroatoms. The van der Waals surface area contributed by atoms with Crippen LogP contribution in [0.15, 0.2) is 95.1 Å². The van der Waals surface area contributed by atoms with Crippen LogP contribution in [0.2, 0.25) is 0 Å². The van der Waals surface area contributed by atoms with Gasteiger partial charge in [0, 0.05) is 12.4 Å². The van der Waals surface area contributed by atoms with Gasteiger partial charge in [-0.2, -0.15) is 5.26 Å². The van der Waals surface area contributed by atoms with Gasteiger partial charge < -0.3 is 15.0 Å². The molecule has 1 atom stereocenters. The monoisotopic (exact) mass is 405 g/mol. The molecule has 4 aromatic rings. The Hall–Kier alpha value is -4.30. The first-order valence-corrected chi connectivity index (χ1v) is 9.94. The summed E-state index contributed by atoms with van der Waals surface area (Å²) in [4.78, 5) is 13.4. The Morgan fingerprint density at radius 2 is 1.58 bits per heavy atom. The van der Waals surface area contributed by atoms with Crippen molar-refractivity contribution in [1.29, 1.82) is 5.26 Å². The number of rotatable bonds is 2. The minimum absolute atomic E-state index is 0.0329. The Morgan fingerprint density at radius 3 is 2.29 bits per heavy atom. The lowest BCUT2D eigenvalue weighted by Gasteiger charge is -2.27. The Bertz CT molecular complexity index is 1440. The number of hydrogen-bond donors (Lipinski definition) is 1. The number of pyridine rings is 1. The van der Waals surface area contributed by atoms with Crippen LogP contribution in [0.1, 0.15) is 17.0 Å². The van der Waals surface area contributed by atoms with E-state index in [0.29, 0.717) is 11.3 Å². The fourth-order valence-electron chi connectivity index (χ4n) is 4.26. The zero-order chi connectivity index (χ0) is 21.5. The molecule has 0 fully saturated rings. The third-order valence-corrected chi connectivity index (χ3v) is 5.82. The second kappa shape index (κ2) is 7.19. The summed E-state index contributed by atoms with van der Waals surface area (Å²) in [5.41, 5.74) is 10.3.